The molecule has 0 bridgehead atoms. The molecule has 27 heavy (non-hydrogen) atoms. The molecule has 1 aliphatic carbocycles. The Morgan fingerprint density at radius 2 is 2.11 bits per heavy atom. The van der Waals surface area contributed by atoms with Gasteiger partial charge in [0.05, 0.1) is 13.0 Å². The van der Waals surface area contributed by atoms with Crippen LogP contribution in [-0.4, -0.2) is 29.2 Å². The zero-order valence-electron chi connectivity index (χ0n) is 15.7. The van der Waals surface area contributed by atoms with Crippen molar-refractivity contribution in [3.63, 3.8) is 0 Å². The highest BCUT2D eigenvalue weighted by Gasteiger charge is 2.51. The highest BCUT2D eigenvalue weighted by molar-refractivity contribution is 5.68. The number of nitrogens with one attached hydrogen (secondary N) is 1. The van der Waals surface area contributed by atoms with E-state index in [9.17, 15) is 4.79 Å². The Morgan fingerprint density at radius 3 is 2.89 bits per heavy atom. The number of pyridine rings is 1. The van der Waals surface area contributed by atoms with Gasteiger partial charge in [-0.2, -0.15) is 0 Å². The van der Waals surface area contributed by atoms with Gasteiger partial charge in [-0.25, -0.2) is 4.98 Å². The van der Waals surface area contributed by atoms with Crippen LogP contribution in [0.2, 0.25) is 0 Å². The van der Waals surface area contributed by atoms with E-state index in [4.69, 9.17) is 14.8 Å². The molecule has 2 atom stereocenters. The maximum absolute atomic E-state index is 11.0. The molecule has 1 fully saturated rings. The minimum Gasteiger partial charge on any atom is -0.493 e. The largest absolute Gasteiger partial charge is 0.493 e. The van der Waals surface area contributed by atoms with E-state index in [1.807, 2.05) is 12.1 Å². The van der Waals surface area contributed by atoms with E-state index < -0.39 is 5.97 Å². The molecule has 4 rings (SSSR count). The van der Waals surface area contributed by atoms with E-state index in [0.717, 1.165) is 43.1 Å². The summed E-state index contributed by atoms with van der Waals surface area (Å²) in [5.74, 6) is 1.49. The first-order valence-corrected chi connectivity index (χ1v) is 9.71. The maximum Gasteiger partial charge on any atom is 0.303 e. The molecule has 0 amide bonds. The fourth-order valence-electron chi connectivity index (χ4n) is 4.05. The number of hydrogen-bond donors (Lipinski definition) is 2. The lowest BCUT2D eigenvalue weighted by molar-refractivity contribution is -0.138. The molecule has 1 aromatic heterocycles. The molecule has 2 aliphatic rings. The van der Waals surface area contributed by atoms with Crippen LogP contribution in [0.5, 0.6) is 5.75 Å². The first-order chi connectivity index (χ1) is 13.0. The van der Waals surface area contributed by atoms with Crippen LogP contribution in [0.4, 0.5) is 5.82 Å². The molecule has 1 aromatic carbocycles. The summed E-state index contributed by atoms with van der Waals surface area (Å²) in [5, 5.41) is 12.4. The van der Waals surface area contributed by atoms with Gasteiger partial charge >= 0.3 is 5.97 Å². The smallest absolute Gasteiger partial charge is 0.303 e. The van der Waals surface area contributed by atoms with Crippen LogP contribution in [0.1, 0.15) is 48.9 Å². The van der Waals surface area contributed by atoms with Crippen molar-refractivity contribution in [2.45, 2.75) is 44.9 Å². The van der Waals surface area contributed by atoms with Gasteiger partial charge in [-0.1, -0.05) is 25.1 Å². The van der Waals surface area contributed by atoms with Crippen LogP contribution in [0.3, 0.4) is 0 Å². The van der Waals surface area contributed by atoms with Crippen LogP contribution in [-0.2, 0) is 17.6 Å². The van der Waals surface area contributed by atoms with Crippen LogP contribution in [0.25, 0.3) is 0 Å². The summed E-state index contributed by atoms with van der Waals surface area (Å²) >= 11 is 0. The van der Waals surface area contributed by atoms with Crippen molar-refractivity contribution in [2.75, 3.05) is 18.5 Å². The van der Waals surface area contributed by atoms with Crippen LogP contribution < -0.4 is 10.1 Å². The molecule has 2 N–H and O–H groups in total. The number of aromatic nitrogens is 1. The van der Waals surface area contributed by atoms with Crippen molar-refractivity contribution in [1.29, 1.82) is 0 Å². The minimum atomic E-state index is -0.717. The SMILES string of the molecule is CC1(CC(=O)O)CC1c1ccc(OCCc2ccc3c(n2)NCCC3)cc1. The lowest BCUT2D eigenvalue weighted by atomic mass is 9.98. The first kappa shape index (κ1) is 17.8. The second-order valence-corrected chi connectivity index (χ2v) is 7.99. The number of fused-ring (bicyclic) bond motifs is 1. The van der Waals surface area contributed by atoms with E-state index in [2.05, 4.69) is 36.5 Å². The second kappa shape index (κ2) is 7.22. The summed E-state index contributed by atoms with van der Waals surface area (Å²) in [6.07, 6.45) is 4.22. The van der Waals surface area contributed by atoms with E-state index in [-0.39, 0.29) is 11.8 Å². The van der Waals surface area contributed by atoms with E-state index in [0.29, 0.717) is 12.5 Å². The number of aliphatic carboxylic acids is 1. The van der Waals surface area contributed by atoms with Gasteiger partial charge in [0, 0.05) is 18.7 Å². The van der Waals surface area contributed by atoms with Gasteiger partial charge in [0.25, 0.3) is 0 Å². The summed E-state index contributed by atoms with van der Waals surface area (Å²) < 4.78 is 5.87. The highest BCUT2D eigenvalue weighted by Crippen LogP contribution is 2.61. The van der Waals surface area contributed by atoms with E-state index in [1.165, 1.54) is 17.5 Å². The van der Waals surface area contributed by atoms with Gasteiger partial charge in [-0.3, -0.25) is 4.79 Å². The predicted octanol–water partition coefficient (Wildman–Crippen LogP) is 4.03. The van der Waals surface area contributed by atoms with Crippen molar-refractivity contribution in [1.82, 2.24) is 4.98 Å². The monoisotopic (exact) mass is 366 g/mol. The number of anilines is 1. The average molecular weight is 366 g/mol. The topological polar surface area (TPSA) is 71.5 Å². The lowest BCUT2D eigenvalue weighted by Gasteiger charge is -2.17. The fraction of sp³-hybridized carbons (Fsp3) is 0.455. The Balaban J connectivity index is 1.29. The second-order valence-electron chi connectivity index (χ2n) is 7.99. The summed E-state index contributed by atoms with van der Waals surface area (Å²) in [5.41, 5.74) is 3.45. The predicted molar refractivity (Wildman–Crippen MR) is 104 cm³/mol. The molecule has 0 radical (unpaired) electrons. The van der Waals surface area contributed by atoms with E-state index >= 15 is 0 Å². The molecular weight excluding hydrogens is 340 g/mol. The zero-order chi connectivity index (χ0) is 18.9. The molecule has 5 heteroatoms. The van der Waals surface area contributed by atoms with Crippen LogP contribution >= 0.6 is 0 Å². The molecule has 0 spiro atoms. The molecule has 0 saturated heterocycles. The van der Waals surface area contributed by atoms with Gasteiger partial charge in [-0.05, 0) is 59.9 Å². The van der Waals surface area contributed by atoms with Gasteiger partial charge in [-0.15, -0.1) is 0 Å². The number of rotatable bonds is 7. The maximum atomic E-state index is 11.0. The summed E-state index contributed by atoms with van der Waals surface area (Å²) in [4.78, 5) is 15.7. The average Bonchev–Trinajstić information content (AvgIpc) is 3.32. The standard InChI is InChI=1S/C22H26N2O3/c1-22(14-20(25)26)13-19(22)15-5-8-18(9-6-15)27-12-10-17-7-4-16-3-2-11-23-21(16)24-17/h4-9,19H,2-3,10-14H2,1H3,(H,23,24)(H,25,26). The summed E-state index contributed by atoms with van der Waals surface area (Å²) in [7, 11) is 0. The molecule has 1 saturated carbocycles. The molecule has 2 unspecified atom stereocenters. The van der Waals surface area contributed by atoms with Gasteiger partial charge in [0.2, 0.25) is 0 Å². The third-order valence-corrected chi connectivity index (χ3v) is 5.77. The Morgan fingerprint density at radius 1 is 1.30 bits per heavy atom. The molecule has 142 valence electrons. The van der Waals surface area contributed by atoms with Gasteiger partial charge in [0.1, 0.15) is 11.6 Å². The molecule has 1 aliphatic heterocycles. The van der Waals surface area contributed by atoms with Crippen molar-refractivity contribution in [3.05, 3.63) is 53.2 Å². The van der Waals surface area contributed by atoms with Crippen LogP contribution in [0, 0.1) is 5.41 Å². The zero-order valence-corrected chi connectivity index (χ0v) is 15.7. The molecule has 5 nitrogen and oxygen atoms in total. The number of hydrogen-bond acceptors (Lipinski definition) is 4. The Hall–Kier alpha value is -2.56. The summed E-state index contributed by atoms with van der Waals surface area (Å²) in [6, 6.07) is 12.4. The van der Waals surface area contributed by atoms with Gasteiger partial charge in [0.15, 0.2) is 0 Å². The van der Waals surface area contributed by atoms with Crippen molar-refractivity contribution in [3.8, 4) is 5.75 Å². The van der Waals surface area contributed by atoms with Gasteiger partial charge < -0.3 is 15.2 Å². The number of ether oxygens (including phenoxy) is 1. The van der Waals surface area contributed by atoms with Crippen molar-refractivity contribution < 1.29 is 14.6 Å². The fourth-order valence-corrected chi connectivity index (χ4v) is 4.05. The quantitative estimate of drug-likeness (QED) is 0.774. The minimum absolute atomic E-state index is 0.0969. The number of carboxylic acid groups (broad SMARTS) is 1. The Bertz CT molecular complexity index is 834. The molecular formula is C22H26N2O3. The number of benzene rings is 1. The number of nitrogens with zero attached hydrogens (tertiary/aromatic N) is 1. The Labute approximate surface area is 159 Å². The third kappa shape index (κ3) is 4.07. The molecule has 2 heterocycles. The summed E-state index contributed by atoms with van der Waals surface area (Å²) in [6.45, 7) is 3.64. The molecule has 2 aromatic rings. The number of carbonyl (C=O) groups is 1. The van der Waals surface area contributed by atoms with Crippen LogP contribution in [0.15, 0.2) is 36.4 Å². The number of aryl methyl sites for hydroxylation is 1. The Kier molecular flexibility index (Phi) is 4.77. The first-order valence-electron chi connectivity index (χ1n) is 9.71. The van der Waals surface area contributed by atoms with E-state index in [1.54, 1.807) is 0 Å². The third-order valence-electron chi connectivity index (χ3n) is 5.77. The van der Waals surface area contributed by atoms with Crippen molar-refractivity contribution >= 4 is 11.8 Å². The normalized spacial score (nSPS) is 23.2. The number of carboxylic acids is 1. The highest BCUT2D eigenvalue weighted by atomic mass is 16.5. The lowest BCUT2D eigenvalue weighted by Crippen LogP contribution is -2.14. The van der Waals surface area contributed by atoms with Crippen molar-refractivity contribution in [2.24, 2.45) is 5.41 Å².